The number of thioether (sulfide) groups is 1. The van der Waals surface area contributed by atoms with E-state index >= 15 is 0 Å². The molecular formula is C22H33ClN6S3. The first kappa shape index (κ1) is 23.4. The van der Waals surface area contributed by atoms with Gasteiger partial charge in [0.05, 0.1) is 34.8 Å². The number of unbranched alkanes of at least 4 members (excludes halogenated alkanes) is 1. The minimum atomic E-state index is 0.545. The molecule has 32 heavy (non-hydrogen) atoms. The van der Waals surface area contributed by atoms with Crippen LogP contribution in [-0.2, 0) is 0 Å². The summed E-state index contributed by atoms with van der Waals surface area (Å²) < 4.78 is 17.5. The van der Waals surface area contributed by atoms with Gasteiger partial charge in [0.1, 0.15) is 5.03 Å². The van der Waals surface area contributed by atoms with Crippen LogP contribution in [0.25, 0.3) is 0 Å². The van der Waals surface area contributed by atoms with Gasteiger partial charge >= 0.3 is 0 Å². The SMILES string of the molecule is CCCCSc1nsnc1C1CN2CCC1CC2.Clc1nsnc1C1CN2CCC1CC2. The Balaban J connectivity index is 0.000000139. The molecule has 10 heteroatoms. The van der Waals surface area contributed by atoms with Crippen molar-refractivity contribution in [2.45, 2.75) is 62.3 Å². The summed E-state index contributed by atoms with van der Waals surface area (Å²) in [6.07, 6.45) is 7.88. The van der Waals surface area contributed by atoms with E-state index in [4.69, 9.17) is 11.6 Å². The number of fused-ring (bicyclic) bond motifs is 6. The lowest BCUT2D eigenvalue weighted by Gasteiger charge is -2.44. The predicted octanol–water partition coefficient (Wildman–Crippen LogP) is 5.24. The van der Waals surface area contributed by atoms with Crippen LogP contribution >= 0.6 is 46.8 Å². The summed E-state index contributed by atoms with van der Waals surface area (Å²) in [6, 6.07) is 0. The standard InChI is InChI=1S/C13H21N3S2.C9H12ClN3S/c1-2-3-8-17-13-12(14-18-15-13)11-9-16-6-4-10(11)5-7-16;10-9-8(11-14-12-9)7-5-13-3-1-6(7)2-4-13/h10-11H,2-9H2,1H3;6-7H,1-5H2. The summed E-state index contributed by atoms with van der Waals surface area (Å²) in [4.78, 5) is 5.12. The molecule has 0 saturated carbocycles. The highest BCUT2D eigenvalue weighted by Gasteiger charge is 2.38. The van der Waals surface area contributed by atoms with E-state index in [0.717, 1.165) is 24.1 Å². The summed E-state index contributed by atoms with van der Waals surface area (Å²) in [5.74, 6) is 4.06. The fourth-order valence-corrected chi connectivity index (χ4v) is 8.48. The van der Waals surface area contributed by atoms with Gasteiger partial charge in [-0.05, 0) is 75.9 Å². The van der Waals surface area contributed by atoms with Gasteiger partial charge in [0.15, 0.2) is 5.15 Å². The Bertz CT molecular complexity index is 859. The van der Waals surface area contributed by atoms with Crippen molar-refractivity contribution in [2.24, 2.45) is 11.8 Å². The first-order chi connectivity index (χ1) is 15.7. The van der Waals surface area contributed by atoms with Crippen molar-refractivity contribution in [1.29, 1.82) is 0 Å². The topological polar surface area (TPSA) is 58.0 Å². The van der Waals surface area contributed by atoms with E-state index in [1.807, 2.05) is 11.8 Å². The molecule has 4 bridgehead atoms. The molecule has 2 aromatic heterocycles. The molecule has 8 heterocycles. The summed E-state index contributed by atoms with van der Waals surface area (Å²) in [5.41, 5.74) is 2.36. The molecule has 2 atom stereocenters. The third kappa shape index (κ3) is 5.18. The number of aromatic nitrogens is 4. The fourth-order valence-electron chi connectivity index (χ4n) is 5.78. The zero-order chi connectivity index (χ0) is 21.9. The van der Waals surface area contributed by atoms with Crippen molar-refractivity contribution >= 4 is 46.8 Å². The minimum Gasteiger partial charge on any atom is -0.303 e. The van der Waals surface area contributed by atoms with Crippen LogP contribution in [-0.4, -0.2) is 72.3 Å². The van der Waals surface area contributed by atoms with E-state index in [1.165, 1.54) is 111 Å². The number of hydrogen-bond donors (Lipinski definition) is 0. The highest BCUT2D eigenvalue weighted by Crippen LogP contribution is 2.42. The van der Waals surface area contributed by atoms with E-state index in [0.29, 0.717) is 17.0 Å². The molecule has 2 unspecified atom stereocenters. The second-order valence-corrected chi connectivity index (χ2v) is 12.1. The molecule has 6 aliphatic rings. The Morgan fingerprint density at radius 1 is 0.844 bits per heavy atom. The third-order valence-electron chi connectivity index (χ3n) is 7.70. The Morgan fingerprint density at radius 3 is 1.91 bits per heavy atom. The van der Waals surface area contributed by atoms with Crippen LogP contribution in [0.4, 0.5) is 0 Å². The Kier molecular flexibility index (Phi) is 8.02. The second kappa shape index (κ2) is 11.0. The lowest BCUT2D eigenvalue weighted by Crippen LogP contribution is -2.46. The molecule has 6 saturated heterocycles. The highest BCUT2D eigenvalue weighted by atomic mass is 35.5. The van der Waals surface area contributed by atoms with E-state index in [9.17, 15) is 0 Å². The van der Waals surface area contributed by atoms with E-state index in [-0.39, 0.29) is 0 Å². The molecule has 0 N–H and O–H groups in total. The third-order valence-corrected chi connectivity index (χ3v) is 10.4. The zero-order valence-electron chi connectivity index (χ0n) is 18.8. The first-order valence-electron chi connectivity index (χ1n) is 12.1. The average molecular weight is 513 g/mol. The molecule has 6 fully saturated rings. The van der Waals surface area contributed by atoms with Gasteiger partial charge in [-0.3, -0.25) is 0 Å². The molecule has 176 valence electrons. The molecule has 0 aromatic carbocycles. The molecule has 6 nitrogen and oxygen atoms in total. The van der Waals surface area contributed by atoms with Gasteiger partial charge in [-0.15, -0.1) is 11.8 Å². The molecular weight excluding hydrogens is 480 g/mol. The maximum atomic E-state index is 6.03. The molecule has 2 aromatic rings. The van der Waals surface area contributed by atoms with Gasteiger partial charge < -0.3 is 9.80 Å². The van der Waals surface area contributed by atoms with Crippen LogP contribution in [0, 0.1) is 11.8 Å². The van der Waals surface area contributed by atoms with E-state index in [1.54, 1.807) is 0 Å². The molecule has 0 radical (unpaired) electrons. The van der Waals surface area contributed by atoms with Crippen molar-refractivity contribution in [2.75, 3.05) is 45.0 Å². The van der Waals surface area contributed by atoms with Crippen molar-refractivity contribution in [3.63, 3.8) is 0 Å². The first-order valence-corrected chi connectivity index (χ1v) is 14.9. The van der Waals surface area contributed by atoms with Gasteiger partial charge in [-0.1, -0.05) is 24.9 Å². The lowest BCUT2D eigenvalue weighted by atomic mass is 9.78. The number of nitrogens with zero attached hydrogens (tertiary/aromatic N) is 6. The Labute approximate surface area is 209 Å². The molecule has 0 amide bonds. The van der Waals surface area contributed by atoms with Gasteiger partial charge in [-0.2, -0.15) is 17.5 Å². The largest absolute Gasteiger partial charge is 0.303 e. The highest BCUT2D eigenvalue weighted by molar-refractivity contribution is 7.99. The summed E-state index contributed by atoms with van der Waals surface area (Å²) in [6.45, 7) is 9.72. The summed E-state index contributed by atoms with van der Waals surface area (Å²) in [7, 11) is 0. The smallest absolute Gasteiger partial charge is 0.166 e. The Morgan fingerprint density at radius 2 is 1.41 bits per heavy atom. The predicted molar refractivity (Wildman–Crippen MR) is 134 cm³/mol. The number of rotatable bonds is 6. The van der Waals surface area contributed by atoms with Crippen LogP contribution in [0.5, 0.6) is 0 Å². The number of hydrogen-bond acceptors (Lipinski definition) is 9. The Hall–Kier alpha value is -0.320. The van der Waals surface area contributed by atoms with Crippen LogP contribution in [0.2, 0.25) is 5.15 Å². The van der Waals surface area contributed by atoms with Crippen LogP contribution in [0.1, 0.15) is 68.7 Å². The van der Waals surface area contributed by atoms with E-state index < -0.39 is 0 Å². The molecule has 8 rings (SSSR count). The van der Waals surface area contributed by atoms with Crippen LogP contribution in [0.15, 0.2) is 5.03 Å². The maximum absolute atomic E-state index is 6.03. The number of piperidine rings is 6. The van der Waals surface area contributed by atoms with Crippen molar-refractivity contribution in [3.05, 3.63) is 16.5 Å². The second-order valence-electron chi connectivity index (χ2n) is 9.59. The fraction of sp³-hybridized carbons (Fsp3) is 0.818. The molecule has 0 spiro atoms. The molecule has 6 aliphatic heterocycles. The molecule has 0 aliphatic carbocycles. The van der Waals surface area contributed by atoms with Crippen LogP contribution < -0.4 is 0 Å². The summed E-state index contributed by atoms with van der Waals surface area (Å²) in [5, 5.41) is 1.86. The quantitative estimate of drug-likeness (QED) is 0.387. The van der Waals surface area contributed by atoms with E-state index in [2.05, 4.69) is 34.2 Å². The van der Waals surface area contributed by atoms with Crippen LogP contribution in [0.3, 0.4) is 0 Å². The van der Waals surface area contributed by atoms with Gasteiger partial charge in [-0.25, -0.2) is 0 Å². The average Bonchev–Trinajstić information content (AvgIpc) is 3.50. The van der Waals surface area contributed by atoms with Crippen molar-refractivity contribution in [3.8, 4) is 0 Å². The van der Waals surface area contributed by atoms with Gasteiger partial charge in [0.25, 0.3) is 0 Å². The normalized spacial score (nSPS) is 33.2. The van der Waals surface area contributed by atoms with Gasteiger partial charge in [0, 0.05) is 24.9 Å². The minimum absolute atomic E-state index is 0.545. The number of halogens is 1. The zero-order valence-corrected chi connectivity index (χ0v) is 22.0. The summed E-state index contributed by atoms with van der Waals surface area (Å²) >= 11 is 10.6. The van der Waals surface area contributed by atoms with Gasteiger partial charge in [0.2, 0.25) is 0 Å². The van der Waals surface area contributed by atoms with Crippen molar-refractivity contribution in [1.82, 2.24) is 27.3 Å². The van der Waals surface area contributed by atoms with Crippen molar-refractivity contribution < 1.29 is 0 Å². The monoisotopic (exact) mass is 512 g/mol. The lowest BCUT2D eigenvalue weighted by molar-refractivity contribution is 0.0846. The maximum Gasteiger partial charge on any atom is 0.166 e.